The Labute approximate surface area is 184 Å². The van der Waals surface area contributed by atoms with Gasteiger partial charge in [0.2, 0.25) is 0 Å². The van der Waals surface area contributed by atoms with Crippen LogP contribution in [0.2, 0.25) is 5.02 Å². The lowest BCUT2D eigenvalue weighted by Crippen LogP contribution is -2.24. The maximum absolute atomic E-state index is 6.13. The highest BCUT2D eigenvalue weighted by molar-refractivity contribution is 14.0. The van der Waals surface area contributed by atoms with Crippen molar-refractivity contribution in [1.82, 2.24) is 4.90 Å². The van der Waals surface area contributed by atoms with E-state index in [-0.39, 0.29) is 24.0 Å². The molecule has 2 aromatic rings. The van der Waals surface area contributed by atoms with Crippen molar-refractivity contribution in [1.29, 1.82) is 0 Å². The van der Waals surface area contributed by atoms with Gasteiger partial charge in [-0.3, -0.25) is 4.90 Å². The molecule has 148 valence electrons. The molecule has 0 aromatic heterocycles. The molecule has 0 radical (unpaired) electrons. The van der Waals surface area contributed by atoms with Gasteiger partial charge in [0.15, 0.2) is 5.96 Å². The van der Waals surface area contributed by atoms with Gasteiger partial charge in [0, 0.05) is 12.2 Å². The molecule has 0 atom stereocenters. The van der Waals surface area contributed by atoms with Gasteiger partial charge in [0.1, 0.15) is 5.75 Å². The van der Waals surface area contributed by atoms with E-state index in [2.05, 4.69) is 47.3 Å². The summed E-state index contributed by atoms with van der Waals surface area (Å²) in [6.45, 7) is 7.84. The van der Waals surface area contributed by atoms with Gasteiger partial charge in [-0.25, -0.2) is 4.99 Å². The summed E-state index contributed by atoms with van der Waals surface area (Å²) in [6, 6.07) is 13.7. The fourth-order valence-electron chi connectivity index (χ4n) is 2.66. The smallest absolute Gasteiger partial charge is 0.193 e. The van der Waals surface area contributed by atoms with Gasteiger partial charge in [-0.2, -0.15) is 0 Å². The molecule has 7 heteroatoms. The van der Waals surface area contributed by atoms with Crippen LogP contribution in [0.5, 0.6) is 5.75 Å². The van der Waals surface area contributed by atoms with Gasteiger partial charge >= 0.3 is 0 Å². The van der Waals surface area contributed by atoms with Crippen molar-refractivity contribution < 1.29 is 4.74 Å². The van der Waals surface area contributed by atoms with E-state index in [9.17, 15) is 0 Å². The topological polar surface area (TPSA) is 62.9 Å². The van der Waals surface area contributed by atoms with Crippen LogP contribution in [0.1, 0.15) is 25.0 Å². The molecule has 2 rings (SSSR count). The molecule has 5 nitrogen and oxygen atoms in total. The largest absolute Gasteiger partial charge is 0.495 e. The van der Waals surface area contributed by atoms with Crippen LogP contribution < -0.4 is 15.8 Å². The summed E-state index contributed by atoms with van der Waals surface area (Å²) >= 11 is 6.13. The normalized spacial score (nSPS) is 11.2. The summed E-state index contributed by atoms with van der Waals surface area (Å²) in [7, 11) is 1.58. The van der Waals surface area contributed by atoms with Crippen LogP contribution in [0, 0.1) is 0 Å². The number of hydrogen-bond donors (Lipinski definition) is 2. The number of nitrogens with zero attached hydrogens (tertiary/aromatic N) is 2. The van der Waals surface area contributed by atoms with E-state index in [4.69, 9.17) is 22.1 Å². The number of anilines is 1. The lowest BCUT2D eigenvalue weighted by Gasteiger charge is -2.19. The molecule has 27 heavy (non-hydrogen) atoms. The van der Waals surface area contributed by atoms with Gasteiger partial charge < -0.3 is 15.8 Å². The highest BCUT2D eigenvalue weighted by atomic mass is 127. The van der Waals surface area contributed by atoms with Crippen molar-refractivity contribution >= 4 is 47.2 Å². The van der Waals surface area contributed by atoms with Crippen LogP contribution in [0.15, 0.2) is 47.5 Å². The molecular formula is C20H28ClIN4O. The van der Waals surface area contributed by atoms with Crippen LogP contribution >= 0.6 is 35.6 Å². The van der Waals surface area contributed by atoms with Gasteiger partial charge in [-0.05, 0) is 42.4 Å². The minimum atomic E-state index is 0. The SMILES string of the molecule is CCN(CC)Cc1ccccc1CN=C(N)Nc1ccc(OC)c(Cl)c1.I. The van der Waals surface area contributed by atoms with Crippen molar-refractivity contribution in [3.05, 3.63) is 58.6 Å². The molecule has 0 heterocycles. The van der Waals surface area contributed by atoms with E-state index in [1.54, 1.807) is 19.2 Å². The molecule has 0 amide bonds. The summed E-state index contributed by atoms with van der Waals surface area (Å²) in [5.41, 5.74) is 9.26. The minimum Gasteiger partial charge on any atom is -0.495 e. The molecule has 3 N–H and O–H groups in total. The van der Waals surface area contributed by atoms with E-state index in [0.29, 0.717) is 23.3 Å². The maximum atomic E-state index is 6.13. The van der Waals surface area contributed by atoms with Crippen LogP contribution in [0.25, 0.3) is 0 Å². The number of rotatable bonds is 8. The number of aliphatic imine (C=N–C) groups is 1. The van der Waals surface area contributed by atoms with Crippen molar-refractivity contribution in [2.75, 3.05) is 25.5 Å². The summed E-state index contributed by atoms with van der Waals surface area (Å²) in [6.07, 6.45) is 0. The summed E-state index contributed by atoms with van der Waals surface area (Å²) in [5, 5.41) is 3.59. The zero-order valence-corrected chi connectivity index (χ0v) is 19.1. The number of nitrogens with two attached hydrogens (primary N) is 1. The van der Waals surface area contributed by atoms with E-state index in [1.165, 1.54) is 11.1 Å². The van der Waals surface area contributed by atoms with Gasteiger partial charge in [0.25, 0.3) is 0 Å². The number of methoxy groups -OCH3 is 1. The first kappa shape index (κ1) is 23.5. The summed E-state index contributed by atoms with van der Waals surface area (Å²) in [5.74, 6) is 0.974. The number of halogens is 2. The third-order valence-corrected chi connectivity index (χ3v) is 4.55. The zero-order chi connectivity index (χ0) is 18.9. The molecule has 0 spiro atoms. The monoisotopic (exact) mass is 502 g/mol. The van der Waals surface area contributed by atoms with E-state index < -0.39 is 0 Å². The van der Waals surface area contributed by atoms with Crippen LogP contribution in [0.3, 0.4) is 0 Å². The van der Waals surface area contributed by atoms with Gasteiger partial charge in [0.05, 0.1) is 18.7 Å². The Morgan fingerprint density at radius 2 is 1.81 bits per heavy atom. The van der Waals surface area contributed by atoms with Crippen molar-refractivity contribution in [2.24, 2.45) is 10.7 Å². The second-order valence-electron chi connectivity index (χ2n) is 5.91. The fourth-order valence-corrected chi connectivity index (χ4v) is 2.91. The van der Waals surface area contributed by atoms with Crippen molar-refractivity contribution in [3.63, 3.8) is 0 Å². The van der Waals surface area contributed by atoms with Crippen molar-refractivity contribution in [2.45, 2.75) is 26.9 Å². The predicted octanol–water partition coefficient (Wildman–Crippen LogP) is 4.74. The Morgan fingerprint density at radius 1 is 1.15 bits per heavy atom. The van der Waals surface area contributed by atoms with Crippen LogP contribution in [0.4, 0.5) is 5.69 Å². The lowest BCUT2D eigenvalue weighted by atomic mass is 10.1. The summed E-state index contributed by atoms with van der Waals surface area (Å²) < 4.78 is 5.15. The maximum Gasteiger partial charge on any atom is 0.193 e. The molecule has 0 aliphatic rings. The molecule has 0 bridgehead atoms. The minimum absolute atomic E-state index is 0. The van der Waals surface area contributed by atoms with E-state index >= 15 is 0 Å². The van der Waals surface area contributed by atoms with Gasteiger partial charge in [-0.1, -0.05) is 49.7 Å². The number of ether oxygens (including phenoxy) is 1. The predicted molar refractivity (Wildman–Crippen MR) is 125 cm³/mol. The number of guanidine groups is 1. The Bertz CT molecular complexity index is 751. The highest BCUT2D eigenvalue weighted by Gasteiger charge is 2.06. The third-order valence-electron chi connectivity index (χ3n) is 4.25. The Hall–Kier alpha value is -1.51. The molecule has 0 saturated carbocycles. The second kappa shape index (κ2) is 12.0. The van der Waals surface area contributed by atoms with Crippen LogP contribution in [-0.2, 0) is 13.1 Å². The zero-order valence-electron chi connectivity index (χ0n) is 16.0. The fraction of sp³-hybridized carbons (Fsp3) is 0.350. The quantitative estimate of drug-likeness (QED) is 0.311. The Morgan fingerprint density at radius 3 is 2.41 bits per heavy atom. The van der Waals surface area contributed by atoms with E-state index in [1.807, 2.05) is 12.1 Å². The first-order valence-electron chi connectivity index (χ1n) is 8.77. The third kappa shape index (κ3) is 7.20. The molecule has 0 aliphatic carbocycles. The second-order valence-corrected chi connectivity index (χ2v) is 6.31. The average Bonchev–Trinajstić information content (AvgIpc) is 2.65. The average molecular weight is 503 g/mol. The van der Waals surface area contributed by atoms with Crippen LogP contribution in [-0.4, -0.2) is 31.1 Å². The molecule has 0 saturated heterocycles. The first-order chi connectivity index (χ1) is 12.6. The Balaban J connectivity index is 0.00000364. The standard InChI is InChI=1S/C20H27ClN4O.HI/c1-4-25(5-2)14-16-9-7-6-8-15(16)13-23-20(22)24-17-10-11-19(26-3)18(21)12-17;/h6-12H,4-5,13-14H2,1-3H3,(H3,22,23,24);1H. The highest BCUT2D eigenvalue weighted by Crippen LogP contribution is 2.27. The molecule has 2 aromatic carbocycles. The lowest BCUT2D eigenvalue weighted by molar-refractivity contribution is 0.295. The molecule has 0 unspecified atom stereocenters. The summed E-state index contributed by atoms with van der Waals surface area (Å²) in [4.78, 5) is 6.85. The number of hydrogen-bond acceptors (Lipinski definition) is 3. The molecular weight excluding hydrogens is 475 g/mol. The van der Waals surface area contributed by atoms with E-state index in [0.717, 1.165) is 25.3 Å². The first-order valence-corrected chi connectivity index (χ1v) is 9.14. The van der Waals surface area contributed by atoms with Crippen molar-refractivity contribution in [3.8, 4) is 5.75 Å². The molecule has 0 fully saturated rings. The molecule has 0 aliphatic heterocycles. The van der Waals surface area contributed by atoms with Gasteiger partial charge in [-0.15, -0.1) is 24.0 Å². The Kier molecular flexibility index (Phi) is 10.5. The number of nitrogens with one attached hydrogen (secondary N) is 1. The number of benzene rings is 2.